The fourth-order valence-corrected chi connectivity index (χ4v) is 3.85. The van der Waals surface area contributed by atoms with Crippen molar-refractivity contribution in [3.05, 3.63) is 29.5 Å². The number of likely N-dealkylation sites (tertiary alicyclic amines) is 1. The number of alkyl carbamates (subject to hydrolysis) is 1. The van der Waals surface area contributed by atoms with E-state index in [0.717, 1.165) is 6.42 Å². The summed E-state index contributed by atoms with van der Waals surface area (Å²) in [7, 11) is 3.03. The number of hydrogen-bond acceptors (Lipinski definition) is 10. The number of ether oxygens (including phenoxy) is 3. The maximum atomic E-state index is 13.1. The summed E-state index contributed by atoms with van der Waals surface area (Å²) in [5.41, 5.74) is 1.36. The van der Waals surface area contributed by atoms with Gasteiger partial charge in [-0.15, -0.1) is 10.2 Å². The number of aliphatic carboxylic acids is 1. The van der Waals surface area contributed by atoms with Crippen molar-refractivity contribution in [3.8, 4) is 17.3 Å². The van der Waals surface area contributed by atoms with Gasteiger partial charge in [0.2, 0.25) is 5.88 Å². The third kappa shape index (κ3) is 7.75. The largest absolute Gasteiger partial charge is 0.480 e. The molecule has 1 fully saturated rings. The molecule has 0 saturated carbocycles. The van der Waals surface area contributed by atoms with E-state index in [4.69, 9.17) is 19.3 Å². The van der Waals surface area contributed by atoms with Gasteiger partial charge in [-0.3, -0.25) is 9.59 Å². The minimum Gasteiger partial charge on any atom is -0.480 e. The van der Waals surface area contributed by atoms with Crippen LogP contribution in [-0.2, 0) is 20.7 Å². The van der Waals surface area contributed by atoms with Gasteiger partial charge in [-0.2, -0.15) is 0 Å². The molecule has 3 N–H and O–H groups in total. The molecule has 1 atom stereocenters. The summed E-state index contributed by atoms with van der Waals surface area (Å²) >= 11 is 0. The highest BCUT2D eigenvalue weighted by Crippen LogP contribution is 2.28. The predicted octanol–water partition coefficient (Wildman–Crippen LogP) is 1.97. The van der Waals surface area contributed by atoms with Crippen LogP contribution >= 0.6 is 0 Å². The molecule has 0 aliphatic carbocycles. The number of anilines is 1. The Morgan fingerprint density at radius 1 is 1.18 bits per heavy atom. The molecule has 1 saturated heterocycles. The molecule has 2 aromatic heterocycles. The molecule has 13 heteroatoms. The van der Waals surface area contributed by atoms with Crippen molar-refractivity contribution >= 4 is 23.7 Å². The number of aromatic nitrogens is 3. The molecule has 13 nitrogen and oxygen atoms in total. The summed E-state index contributed by atoms with van der Waals surface area (Å²) in [5.74, 6) is -1.12. The monoisotopic (exact) mass is 530 g/mol. The molecule has 3 heterocycles. The van der Waals surface area contributed by atoms with Crippen molar-refractivity contribution in [1.29, 1.82) is 0 Å². The van der Waals surface area contributed by atoms with E-state index in [1.165, 1.54) is 7.11 Å². The van der Waals surface area contributed by atoms with Gasteiger partial charge in [0.05, 0.1) is 24.6 Å². The lowest BCUT2D eigenvalue weighted by Crippen LogP contribution is -2.33. The van der Waals surface area contributed by atoms with E-state index in [1.54, 1.807) is 51.0 Å². The van der Waals surface area contributed by atoms with Gasteiger partial charge >= 0.3 is 12.1 Å². The summed E-state index contributed by atoms with van der Waals surface area (Å²) in [6.07, 6.45) is 0.475. The second-order valence-corrected chi connectivity index (χ2v) is 9.68. The molecule has 206 valence electrons. The molecular weight excluding hydrogens is 496 g/mol. The molecule has 1 unspecified atom stereocenters. The van der Waals surface area contributed by atoms with Crippen LogP contribution in [0.5, 0.6) is 5.88 Å². The third-order valence-corrected chi connectivity index (χ3v) is 5.65. The molecule has 3 rings (SSSR count). The van der Waals surface area contributed by atoms with Gasteiger partial charge in [0.1, 0.15) is 17.8 Å². The predicted molar refractivity (Wildman–Crippen MR) is 137 cm³/mol. The molecule has 0 aromatic carbocycles. The lowest BCUT2D eigenvalue weighted by atomic mass is 10.1. The van der Waals surface area contributed by atoms with Gasteiger partial charge in [-0.05, 0) is 57.4 Å². The van der Waals surface area contributed by atoms with E-state index in [2.05, 4.69) is 25.8 Å². The van der Waals surface area contributed by atoms with Crippen LogP contribution in [0.15, 0.2) is 18.2 Å². The van der Waals surface area contributed by atoms with Crippen molar-refractivity contribution in [2.75, 3.05) is 45.7 Å². The SMILES string of the molecule is COc1nc(-c2nnc(C(=O)N3CCC(OC)C3)cc2CCNC(=O)OC(C)(C)C)ccc1NCC(=O)O. The Morgan fingerprint density at radius 2 is 1.95 bits per heavy atom. The Bertz CT molecular complexity index is 1170. The van der Waals surface area contributed by atoms with Crippen LogP contribution in [0.4, 0.5) is 10.5 Å². The standard InChI is InChI=1S/C25H34N6O7/c1-25(2,3)38-24(35)26-10-8-15-12-19(23(34)31-11-9-16(14-31)36-4)29-30-21(15)17-6-7-18(22(28-17)37-5)27-13-20(32)33/h6-7,12,16,27H,8-11,13-14H2,1-5H3,(H,26,35)(H,32,33). The normalized spacial score (nSPS) is 15.2. The Kier molecular flexibility index (Phi) is 9.40. The summed E-state index contributed by atoms with van der Waals surface area (Å²) in [4.78, 5) is 42.3. The van der Waals surface area contributed by atoms with E-state index in [9.17, 15) is 14.4 Å². The van der Waals surface area contributed by atoms with Gasteiger partial charge in [-0.1, -0.05) is 0 Å². The maximum Gasteiger partial charge on any atom is 0.407 e. The van der Waals surface area contributed by atoms with Crippen LogP contribution in [0.2, 0.25) is 0 Å². The molecule has 2 aromatic rings. The Hall–Kier alpha value is -4.00. The minimum atomic E-state index is -1.03. The second kappa shape index (κ2) is 12.5. The molecule has 0 spiro atoms. The van der Waals surface area contributed by atoms with Crippen LogP contribution in [0.1, 0.15) is 43.2 Å². The first kappa shape index (κ1) is 28.6. The molecule has 1 aliphatic heterocycles. The van der Waals surface area contributed by atoms with Gasteiger partial charge < -0.3 is 34.9 Å². The maximum absolute atomic E-state index is 13.1. The summed E-state index contributed by atoms with van der Waals surface area (Å²) < 4.78 is 16.0. The lowest BCUT2D eigenvalue weighted by molar-refractivity contribution is -0.134. The highest BCUT2D eigenvalue weighted by Gasteiger charge is 2.28. The average Bonchev–Trinajstić information content (AvgIpc) is 3.35. The Balaban J connectivity index is 1.88. The van der Waals surface area contributed by atoms with Gasteiger partial charge in [-0.25, -0.2) is 9.78 Å². The minimum absolute atomic E-state index is 0.0198. The molecule has 38 heavy (non-hydrogen) atoms. The zero-order valence-electron chi connectivity index (χ0n) is 22.2. The van der Waals surface area contributed by atoms with Gasteiger partial charge in [0, 0.05) is 26.7 Å². The van der Waals surface area contributed by atoms with Crippen LogP contribution in [0.25, 0.3) is 11.4 Å². The first-order chi connectivity index (χ1) is 18.0. The van der Waals surface area contributed by atoms with Crippen LogP contribution in [0, 0.1) is 0 Å². The smallest absolute Gasteiger partial charge is 0.407 e. The van der Waals surface area contributed by atoms with Crippen LogP contribution in [0.3, 0.4) is 0 Å². The Morgan fingerprint density at radius 3 is 2.58 bits per heavy atom. The fourth-order valence-electron chi connectivity index (χ4n) is 3.85. The number of nitrogens with zero attached hydrogens (tertiary/aromatic N) is 4. The van der Waals surface area contributed by atoms with Crippen molar-refractivity contribution in [1.82, 2.24) is 25.4 Å². The molecule has 1 aliphatic rings. The number of carboxylic acid groups (broad SMARTS) is 1. The lowest BCUT2D eigenvalue weighted by Gasteiger charge is -2.20. The highest BCUT2D eigenvalue weighted by atomic mass is 16.6. The van der Waals surface area contributed by atoms with Crippen molar-refractivity contribution in [2.45, 2.75) is 45.3 Å². The number of nitrogens with one attached hydrogen (secondary N) is 2. The quantitative estimate of drug-likeness (QED) is 0.411. The van der Waals surface area contributed by atoms with E-state index >= 15 is 0 Å². The van der Waals surface area contributed by atoms with Crippen molar-refractivity contribution in [2.24, 2.45) is 0 Å². The first-order valence-corrected chi connectivity index (χ1v) is 12.2. The topological polar surface area (TPSA) is 165 Å². The zero-order chi connectivity index (χ0) is 27.9. The number of rotatable bonds is 10. The van der Waals surface area contributed by atoms with E-state index in [1.807, 2.05) is 0 Å². The number of carboxylic acids is 1. The number of pyridine rings is 1. The van der Waals surface area contributed by atoms with Crippen LogP contribution < -0.4 is 15.4 Å². The molecule has 0 radical (unpaired) electrons. The summed E-state index contributed by atoms with van der Waals surface area (Å²) in [6.45, 7) is 6.25. The summed E-state index contributed by atoms with van der Waals surface area (Å²) in [6, 6.07) is 4.92. The van der Waals surface area contributed by atoms with Gasteiger partial charge in [0.25, 0.3) is 5.91 Å². The molecule has 0 bridgehead atoms. The highest BCUT2D eigenvalue weighted by molar-refractivity contribution is 5.93. The van der Waals surface area contributed by atoms with E-state index in [0.29, 0.717) is 42.1 Å². The molecule has 2 amide bonds. The van der Waals surface area contributed by atoms with Crippen molar-refractivity contribution in [3.63, 3.8) is 0 Å². The molecular formula is C25H34N6O7. The van der Waals surface area contributed by atoms with Crippen LogP contribution in [-0.4, -0.2) is 95.3 Å². The number of amides is 2. The first-order valence-electron chi connectivity index (χ1n) is 12.2. The van der Waals surface area contributed by atoms with Gasteiger partial charge in [0.15, 0.2) is 5.69 Å². The summed E-state index contributed by atoms with van der Waals surface area (Å²) in [5, 5.41) is 22.9. The van der Waals surface area contributed by atoms with E-state index < -0.39 is 17.7 Å². The number of carbonyl (C=O) groups excluding carboxylic acids is 2. The van der Waals surface area contributed by atoms with Crippen molar-refractivity contribution < 1.29 is 33.7 Å². The fraction of sp³-hybridized carbons (Fsp3) is 0.520. The number of hydrogen-bond donors (Lipinski definition) is 3. The number of carbonyl (C=O) groups is 3. The average molecular weight is 531 g/mol. The number of methoxy groups -OCH3 is 2. The zero-order valence-corrected chi connectivity index (χ0v) is 22.2. The Labute approximate surface area is 220 Å². The third-order valence-electron chi connectivity index (χ3n) is 5.65. The van der Waals surface area contributed by atoms with E-state index in [-0.39, 0.29) is 36.7 Å². The second-order valence-electron chi connectivity index (χ2n) is 9.68.